The van der Waals surface area contributed by atoms with Crippen molar-refractivity contribution in [2.75, 3.05) is 0 Å². The molecule has 334 valence electrons. The van der Waals surface area contributed by atoms with Gasteiger partial charge in [0.05, 0.1) is 24.2 Å². The molecule has 0 aliphatic rings. The molecule has 4 unspecified atom stereocenters. The van der Waals surface area contributed by atoms with Crippen molar-refractivity contribution >= 4 is 47.5 Å². The molecular weight excluding hydrogens is 737 g/mol. The molecule has 0 aliphatic heterocycles. The Balaban J connectivity index is 6.35. The van der Waals surface area contributed by atoms with Gasteiger partial charge in [0.15, 0.2) is 11.6 Å². The highest BCUT2D eigenvalue weighted by Gasteiger charge is 2.48. The second kappa shape index (κ2) is 20.0. The first kappa shape index (κ1) is 54.9. The summed E-state index contributed by atoms with van der Waals surface area (Å²) in [4.78, 5) is 104. The van der Waals surface area contributed by atoms with E-state index in [0.717, 1.165) is 0 Å². The Bertz CT molecular complexity index is 1510. The van der Waals surface area contributed by atoms with E-state index in [1.165, 1.54) is 13.8 Å². The van der Waals surface area contributed by atoms with Crippen molar-refractivity contribution in [1.29, 1.82) is 0 Å². The summed E-state index contributed by atoms with van der Waals surface area (Å²) >= 11 is 0. The molecule has 0 heterocycles. The van der Waals surface area contributed by atoms with Gasteiger partial charge >= 0.3 is 0 Å². The van der Waals surface area contributed by atoms with Gasteiger partial charge in [-0.3, -0.25) is 28.8 Å². The molecule has 0 aliphatic carbocycles. The van der Waals surface area contributed by atoms with Crippen LogP contribution in [0.3, 0.4) is 0 Å². The molecule has 0 saturated carbocycles. The van der Waals surface area contributed by atoms with Crippen molar-refractivity contribution in [3.63, 3.8) is 0 Å². The summed E-state index contributed by atoms with van der Waals surface area (Å²) in [6.45, 7) is 36.1. The fraction of sp³-hybridized carbons (Fsp3) is 0.826. The summed E-state index contributed by atoms with van der Waals surface area (Å²) < 4.78 is 0. The van der Waals surface area contributed by atoms with Crippen LogP contribution in [-0.4, -0.2) is 82.8 Å². The molecule has 0 aromatic carbocycles. The Labute approximate surface area is 351 Å². The van der Waals surface area contributed by atoms with Crippen molar-refractivity contribution < 1.29 is 38.4 Å². The lowest BCUT2D eigenvalue weighted by Crippen LogP contribution is -2.64. The quantitative estimate of drug-likeness (QED) is 0.0725. The molecule has 0 aromatic rings. The Morgan fingerprint density at radius 3 is 1.10 bits per heavy atom. The first-order valence-electron chi connectivity index (χ1n) is 20.9. The Hall–Kier alpha value is -3.12. The van der Waals surface area contributed by atoms with Crippen LogP contribution in [0.25, 0.3) is 0 Å². The Kier molecular flexibility index (Phi) is 18.9. The fourth-order valence-corrected chi connectivity index (χ4v) is 7.56. The van der Waals surface area contributed by atoms with E-state index in [-0.39, 0.29) is 48.8 Å². The summed E-state index contributed by atoms with van der Waals surface area (Å²) in [5.41, 5.74) is -6.25. The number of carbonyl (C=O) groups excluding carboxylic acids is 8. The number of hydrogen-bond donors (Lipinski definition) is 4. The van der Waals surface area contributed by atoms with Gasteiger partial charge in [0.25, 0.3) is 0 Å². The maximum atomic E-state index is 14.6. The van der Waals surface area contributed by atoms with Crippen LogP contribution in [0.15, 0.2) is 0 Å². The minimum atomic E-state index is -1.12. The molecule has 0 rings (SSSR count). The average Bonchev–Trinajstić information content (AvgIpc) is 3.03. The summed E-state index contributed by atoms with van der Waals surface area (Å²) in [5, 5.41) is 12.5. The highest BCUT2D eigenvalue weighted by atomic mass is 16.2. The highest BCUT2D eigenvalue weighted by molar-refractivity contribution is 5.92. The number of Topliss-reactive ketones (excluding diaryl/α,β-unsaturated/α-hetero) is 4. The maximum absolute atomic E-state index is 14.6. The minimum absolute atomic E-state index is 0.0134. The molecule has 4 atom stereocenters. The molecule has 0 saturated heterocycles. The molecule has 0 spiro atoms. The molecule has 0 bridgehead atoms. The van der Waals surface area contributed by atoms with Crippen LogP contribution in [0.1, 0.15) is 177 Å². The van der Waals surface area contributed by atoms with Gasteiger partial charge in [0, 0.05) is 45.6 Å². The van der Waals surface area contributed by atoms with Crippen molar-refractivity contribution in [2.45, 2.75) is 212 Å². The largest absolute Gasteiger partial charge is 0.346 e. The van der Waals surface area contributed by atoms with Gasteiger partial charge in [-0.2, -0.15) is 0 Å². The van der Waals surface area contributed by atoms with Crippen molar-refractivity contribution in [3.8, 4) is 0 Å². The van der Waals surface area contributed by atoms with Crippen molar-refractivity contribution in [2.24, 2.45) is 32.5 Å². The predicted octanol–water partition coefficient (Wildman–Crippen LogP) is 6.68. The van der Waals surface area contributed by atoms with E-state index in [1.807, 2.05) is 90.0 Å². The van der Waals surface area contributed by atoms with E-state index < -0.39 is 79.5 Å². The number of rotatable bonds is 25. The van der Waals surface area contributed by atoms with Gasteiger partial charge in [-0.25, -0.2) is 0 Å². The zero-order chi connectivity index (χ0) is 46.3. The third-order valence-electron chi connectivity index (χ3n) is 12.3. The second-order valence-corrected chi connectivity index (χ2v) is 22.5. The lowest BCUT2D eigenvalue weighted by molar-refractivity contribution is -0.137. The monoisotopic (exact) mass is 819 g/mol. The summed E-state index contributed by atoms with van der Waals surface area (Å²) in [6, 6.07) is -3.32. The molecule has 4 N–H and O–H groups in total. The molecule has 0 aromatic heterocycles. The smallest absolute Gasteiger partial charge is 0.220 e. The van der Waals surface area contributed by atoms with E-state index in [9.17, 15) is 38.4 Å². The Morgan fingerprint density at radius 1 is 0.500 bits per heavy atom. The van der Waals surface area contributed by atoms with Gasteiger partial charge < -0.3 is 30.9 Å². The lowest BCUT2D eigenvalue weighted by atomic mass is 9.68. The third kappa shape index (κ3) is 16.1. The molecule has 2 amide bonds. The number of aldehydes is 2. The predicted molar refractivity (Wildman–Crippen MR) is 231 cm³/mol. The molecular formula is C46H82N4O8. The van der Waals surface area contributed by atoms with Crippen LogP contribution in [0.5, 0.6) is 0 Å². The second-order valence-electron chi connectivity index (χ2n) is 22.5. The molecule has 0 fully saturated rings. The van der Waals surface area contributed by atoms with Crippen molar-refractivity contribution in [1.82, 2.24) is 21.3 Å². The highest BCUT2D eigenvalue weighted by Crippen LogP contribution is 2.39. The first-order valence-corrected chi connectivity index (χ1v) is 20.9. The fourth-order valence-electron chi connectivity index (χ4n) is 7.56. The molecule has 12 nitrogen and oxygen atoms in total. The normalized spacial score (nSPS) is 15.7. The number of nitrogens with one attached hydrogen (secondary N) is 4. The number of carbonyl (C=O) groups is 8. The zero-order valence-electron chi connectivity index (χ0n) is 40.0. The summed E-state index contributed by atoms with van der Waals surface area (Å²) in [6.07, 6.45) is 2.24. The first-order chi connectivity index (χ1) is 25.7. The van der Waals surface area contributed by atoms with Gasteiger partial charge in [0.1, 0.15) is 24.1 Å². The molecule has 58 heavy (non-hydrogen) atoms. The topological polar surface area (TPSA) is 185 Å². The molecule has 0 radical (unpaired) electrons. The van der Waals surface area contributed by atoms with E-state index >= 15 is 0 Å². The average molecular weight is 819 g/mol. The van der Waals surface area contributed by atoms with Crippen LogP contribution in [0.2, 0.25) is 0 Å². The van der Waals surface area contributed by atoms with Gasteiger partial charge in [-0.1, -0.05) is 90.0 Å². The number of hydrogen-bond acceptors (Lipinski definition) is 10. The van der Waals surface area contributed by atoms with Gasteiger partial charge in [-0.15, -0.1) is 0 Å². The maximum Gasteiger partial charge on any atom is 0.220 e. The summed E-state index contributed by atoms with van der Waals surface area (Å²) in [5.74, 6) is -1.18. The third-order valence-corrected chi connectivity index (χ3v) is 12.3. The van der Waals surface area contributed by atoms with Gasteiger partial charge in [0.2, 0.25) is 11.8 Å². The SMILES string of the molecule is CC(=O)C(C)(C)CC(C)(C)C(C=O)NC(=O)CCC(NC(C)(C)C(C)(C)C(=O)C(CCC(=O)NC(C=O)C(C)(C)CC(C)(C)C(C)=O)NC(C)(C)C)C(=O)C(C)(C)C. The zero-order valence-corrected chi connectivity index (χ0v) is 40.0. The summed E-state index contributed by atoms with van der Waals surface area (Å²) in [7, 11) is 0. The lowest BCUT2D eigenvalue weighted by Gasteiger charge is -2.46. The standard InChI is InChI=1S/C46H82N4O8/c1-29(53)41(9,10)27-43(13,14)33(25-51)47-35(55)23-21-31(37(57)39(3,4)5)50-46(19,20)45(17,18)38(58)32(49-40(6,7)8)22-24-36(56)48-34(26-52)44(15,16)28-42(11,12)30(2)54/h25-26,31-34,49-50H,21-24,27-28H2,1-20H3,(H,47,55)(H,48,56). The van der Waals surface area contributed by atoms with Crippen LogP contribution in [0.4, 0.5) is 0 Å². The molecule has 12 heteroatoms. The number of ketones is 4. The number of amides is 2. The van der Waals surface area contributed by atoms with Crippen LogP contribution in [0, 0.1) is 32.5 Å². The van der Waals surface area contributed by atoms with Crippen LogP contribution < -0.4 is 21.3 Å². The van der Waals surface area contributed by atoms with E-state index in [0.29, 0.717) is 25.4 Å². The van der Waals surface area contributed by atoms with E-state index in [4.69, 9.17) is 0 Å². The Morgan fingerprint density at radius 2 is 0.828 bits per heavy atom. The van der Waals surface area contributed by atoms with Crippen molar-refractivity contribution in [3.05, 3.63) is 0 Å². The van der Waals surface area contributed by atoms with Gasteiger partial charge in [-0.05, 0) is 85.0 Å². The van der Waals surface area contributed by atoms with Crippen LogP contribution >= 0.6 is 0 Å². The van der Waals surface area contributed by atoms with E-state index in [1.54, 1.807) is 34.6 Å². The minimum Gasteiger partial charge on any atom is -0.346 e. The van der Waals surface area contributed by atoms with Crippen LogP contribution in [-0.2, 0) is 38.4 Å². The van der Waals surface area contributed by atoms with E-state index in [2.05, 4.69) is 21.3 Å².